The first-order valence-corrected chi connectivity index (χ1v) is 7.25. The minimum atomic E-state index is 0.425. The Kier molecular flexibility index (Phi) is 3.69. The number of hydrazine groups is 1. The number of aryl methyl sites for hydroxylation is 2. The number of nitrogens with one attached hydrogen (secondary N) is 1. The first-order valence-electron chi connectivity index (χ1n) is 6.87. The van der Waals surface area contributed by atoms with Crippen molar-refractivity contribution in [2.45, 2.75) is 32.6 Å². The molecule has 0 atom stereocenters. The van der Waals surface area contributed by atoms with Crippen LogP contribution in [0.25, 0.3) is 0 Å². The lowest BCUT2D eigenvalue weighted by Gasteiger charge is -2.11. The molecule has 0 amide bonds. The molecule has 110 valence electrons. The number of rotatable bonds is 4. The van der Waals surface area contributed by atoms with E-state index >= 15 is 0 Å². The van der Waals surface area contributed by atoms with Crippen LogP contribution in [0.1, 0.15) is 35.7 Å². The van der Waals surface area contributed by atoms with Crippen LogP contribution < -0.4 is 16.0 Å². The van der Waals surface area contributed by atoms with E-state index in [-0.39, 0.29) is 0 Å². The summed E-state index contributed by atoms with van der Waals surface area (Å²) in [5.74, 6) is 8.41. The zero-order valence-corrected chi connectivity index (χ0v) is 12.7. The molecule has 1 heterocycles. The van der Waals surface area contributed by atoms with Gasteiger partial charge < -0.3 is 10.2 Å². The van der Waals surface area contributed by atoms with Crippen LogP contribution in [0.4, 0.5) is 5.82 Å². The Morgan fingerprint density at radius 2 is 1.86 bits per heavy atom. The zero-order valence-electron chi connectivity index (χ0n) is 12.0. The Labute approximate surface area is 128 Å². The Morgan fingerprint density at radius 3 is 2.43 bits per heavy atom. The largest absolute Gasteiger partial charge is 0.439 e. The summed E-state index contributed by atoms with van der Waals surface area (Å²) in [5, 5.41) is 0.757. The highest BCUT2D eigenvalue weighted by atomic mass is 35.5. The van der Waals surface area contributed by atoms with Gasteiger partial charge in [-0.1, -0.05) is 11.6 Å². The fourth-order valence-corrected chi connectivity index (χ4v) is 2.29. The molecular formula is C15H17ClN4O. The lowest BCUT2D eigenvalue weighted by molar-refractivity contribution is 0.458. The third-order valence-electron chi connectivity index (χ3n) is 3.44. The fraction of sp³-hybridized carbons (Fsp3) is 0.333. The summed E-state index contributed by atoms with van der Waals surface area (Å²) in [7, 11) is 0. The van der Waals surface area contributed by atoms with Crippen LogP contribution in [0.5, 0.6) is 11.6 Å². The maximum Gasteiger partial charge on any atom is 0.224 e. The standard InChI is InChI=1S/C15H17ClN4O/c1-8-5-11(6-9(2)14(8)16)21-13-7-12(20-17)18-15(19-13)10-3-4-10/h5-7,10H,3-4,17H2,1-2H3,(H,18,19,20). The van der Waals surface area contributed by atoms with E-state index in [1.165, 1.54) is 0 Å². The summed E-state index contributed by atoms with van der Waals surface area (Å²) < 4.78 is 5.85. The van der Waals surface area contributed by atoms with Gasteiger partial charge in [0.2, 0.25) is 5.88 Å². The van der Waals surface area contributed by atoms with Crippen molar-refractivity contribution in [2.75, 3.05) is 5.43 Å². The number of nitrogens with two attached hydrogens (primary N) is 1. The van der Waals surface area contributed by atoms with Crippen molar-refractivity contribution >= 4 is 17.4 Å². The van der Waals surface area contributed by atoms with Crippen LogP contribution in [0, 0.1) is 13.8 Å². The SMILES string of the molecule is Cc1cc(Oc2cc(NN)nc(C3CC3)n2)cc(C)c1Cl. The second kappa shape index (κ2) is 5.50. The molecule has 1 saturated carbocycles. The Morgan fingerprint density at radius 1 is 1.19 bits per heavy atom. The van der Waals surface area contributed by atoms with Gasteiger partial charge in [-0.3, -0.25) is 0 Å². The van der Waals surface area contributed by atoms with E-state index < -0.39 is 0 Å². The number of hydrogen-bond acceptors (Lipinski definition) is 5. The van der Waals surface area contributed by atoms with Crippen molar-refractivity contribution in [3.8, 4) is 11.6 Å². The highest BCUT2D eigenvalue weighted by molar-refractivity contribution is 6.32. The van der Waals surface area contributed by atoms with Gasteiger partial charge in [-0.2, -0.15) is 4.98 Å². The van der Waals surface area contributed by atoms with Crippen LogP contribution >= 0.6 is 11.6 Å². The van der Waals surface area contributed by atoms with Crippen molar-refractivity contribution in [2.24, 2.45) is 5.84 Å². The van der Waals surface area contributed by atoms with Crippen molar-refractivity contribution < 1.29 is 4.74 Å². The quantitative estimate of drug-likeness (QED) is 0.665. The van der Waals surface area contributed by atoms with Gasteiger partial charge in [-0.25, -0.2) is 10.8 Å². The average molecular weight is 305 g/mol. The van der Waals surface area contributed by atoms with Gasteiger partial charge in [0.15, 0.2) is 0 Å². The van der Waals surface area contributed by atoms with E-state index in [0.29, 0.717) is 23.4 Å². The molecule has 2 aromatic rings. The minimum Gasteiger partial charge on any atom is -0.439 e. The molecule has 1 aliphatic carbocycles. The van der Waals surface area contributed by atoms with Crippen LogP contribution in [0.2, 0.25) is 5.02 Å². The molecular weight excluding hydrogens is 288 g/mol. The molecule has 0 bridgehead atoms. The highest BCUT2D eigenvalue weighted by Gasteiger charge is 2.27. The third kappa shape index (κ3) is 3.09. The number of aromatic nitrogens is 2. The van der Waals surface area contributed by atoms with Crippen LogP contribution in [-0.2, 0) is 0 Å². The number of benzene rings is 1. The maximum atomic E-state index is 6.17. The zero-order chi connectivity index (χ0) is 15.0. The summed E-state index contributed by atoms with van der Waals surface area (Å²) in [4.78, 5) is 8.81. The van der Waals surface area contributed by atoms with Crippen LogP contribution in [-0.4, -0.2) is 9.97 Å². The van der Waals surface area contributed by atoms with Gasteiger partial charge in [0.25, 0.3) is 0 Å². The first kappa shape index (κ1) is 14.1. The van der Waals surface area contributed by atoms with Crippen LogP contribution in [0.3, 0.4) is 0 Å². The lowest BCUT2D eigenvalue weighted by atomic mass is 10.1. The van der Waals surface area contributed by atoms with Crippen LogP contribution in [0.15, 0.2) is 18.2 Å². The van der Waals surface area contributed by atoms with Crippen molar-refractivity contribution in [1.29, 1.82) is 0 Å². The Hall–Kier alpha value is -1.85. The number of nitrogen functional groups attached to an aromatic ring is 1. The van der Waals surface area contributed by atoms with E-state index in [4.69, 9.17) is 22.2 Å². The molecule has 3 rings (SSSR count). The molecule has 21 heavy (non-hydrogen) atoms. The molecule has 1 aromatic carbocycles. The van der Waals surface area contributed by atoms with Crippen molar-refractivity contribution in [3.05, 3.63) is 40.2 Å². The Bertz CT molecular complexity index is 662. The van der Waals surface area contributed by atoms with Gasteiger partial charge in [-0.15, -0.1) is 0 Å². The van der Waals surface area contributed by atoms with Gasteiger partial charge in [0, 0.05) is 17.0 Å². The van der Waals surface area contributed by atoms with Crippen molar-refractivity contribution in [3.63, 3.8) is 0 Å². The minimum absolute atomic E-state index is 0.425. The Balaban J connectivity index is 1.92. The number of anilines is 1. The fourth-order valence-electron chi connectivity index (χ4n) is 2.18. The molecule has 5 nitrogen and oxygen atoms in total. The topological polar surface area (TPSA) is 73.1 Å². The number of hydrogen-bond donors (Lipinski definition) is 2. The molecule has 1 aliphatic rings. The molecule has 0 radical (unpaired) electrons. The van der Waals surface area contributed by atoms with Gasteiger partial charge in [0.1, 0.15) is 17.4 Å². The van der Waals surface area contributed by atoms with Gasteiger partial charge >= 0.3 is 0 Å². The summed E-state index contributed by atoms with van der Waals surface area (Å²) >= 11 is 6.17. The lowest BCUT2D eigenvalue weighted by Crippen LogP contribution is -2.10. The van der Waals surface area contributed by atoms with E-state index in [9.17, 15) is 0 Å². The number of nitrogens with zero attached hydrogens (tertiary/aromatic N) is 2. The molecule has 1 aromatic heterocycles. The third-order valence-corrected chi connectivity index (χ3v) is 4.04. The molecule has 1 fully saturated rings. The molecule has 0 unspecified atom stereocenters. The van der Waals surface area contributed by atoms with Gasteiger partial charge in [0.05, 0.1) is 0 Å². The first-order chi connectivity index (χ1) is 10.1. The second-order valence-electron chi connectivity index (χ2n) is 5.34. The summed E-state index contributed by atoms with van der Waals surface area (Å²) in [6.45, 7) is 3.90. The van der Waals surface area contributed by atoms with E-state index in [0.717, 1.165) is 34.8 Å². The van der Waals surface area contributed by atoms with Crippen molar-refractivity contribution in [1.82, 2.24) is 9.97 Å². The average Bonchev–Trinajstić information content (AvgIpc) is 3.29. The van der Waals surface area contributed by atoms with Gasteiger partial charge in [-0.05, 0) is 49.9 Å². The molecule has 0 saturated heterocycles. The summed E-state index contributed by atoms with van der Waals surface area (Å²) in [6.07, 6.45) is 2.24. The predicted octanol–water partition coefficient (Wildman–Crippen LogP) is 3.70. The summed E-state index contributed by atoms with van der Waals surface area (Å²) in [6, 6.07) is 5.47. The molecule has 0 spiro atoms. The predicted molar refractivity (Wildman–Crippen MR) is 82.8 cm³/mol. The van der Waals surface area contributed by atoms with E-state index in [1.54, 1.807) is 6.07 Å². The second-order valence-corrected chi connectivity index (χ2v) is 5.72. The van der Waals surface area contributed by atoms with E-state index in [2.05, 4.69) is 15.4 Å². The van der Waals surface area contributed by atoms with E-state index in [1.807, 2.05) is 26.0 Å². The summed E-state index contributed by atoms with van der Waals surface area (Å²) in [5.41, 5.74) is 4.50. The number of halogens is 1. The monoisotopic (exact) mass is 304 g/mol. The molecule has 6 heteroatoms. The normalized spacial score (nSPS) is 14.1. The molecule has 3 N–H and O–H groups in total. The molecule has 0 aliphatic heterocycles. The maximum absolute atomic E-state index is 6.17. The number of ether oxygens (including phenoxy) is 1. The highest BCUT2D eigenvalue weighted by Crippen LogP contribution is 2.39. The smallest absolute Gasteiger partial charge is 0.224 e.